The van der Waals surface area contributed by atoms with Gasteiger partial charge in [-0.25, -0.2) is 4.79 Å². The lowest BCUT2D eigenvalue weighted by molar-refractivity contribution is -0.128. The monoisotopic (exact) mass is 302 g/mol. The van der Waals surface area contributed by atoms with E-state index >= 15 is 0 Å². The Morgan fingerprint density at radius 1 is 1.23 bits per heavy atom. The molecule has 1 aromatic rings. The maximum absolute atomic E-state index is 12.2. The van der Waals surface area contributed by atoms with E-state index in [4.69, 9.17) is 5.11 Å². The normalized spacial score (nSPS) is 26.9. The van der Waals surface area contributed by atoms with Crippen molar-refractivity contribution in [3.63, 3.8) is 0 Å². The molecular weight excluding hydrogens is 284 g/mol. The summed E-state index contributed by atoms with van der Waals surface area (Å²) in [5.74, 6) is -0.647. The highest BCUT2D eigenvalue weighted by Gasteiger charge is 2.44. The summed E-state index contributed by atoms with van der Waals surface area (Å²) >= 11 is 0. The van der Waals surface area contributed by atoms with E-state index in [0.29, 0.717) is 30.5 Å². The van der Waals surface area contributed by atoms with Crippen LogP contribution >= 0.6 is 0 Å². The molecule has 2 fully saturated rings. The van der Waals surface area contributed by atoms with Crippen molar-refractivity contribution in [2.24, 2.45) is 5.92 Å². The lowest BCUT2D eigenvalue weighted by atomic mass is 10.1. The minimum absolute atomic E-state index is 0.0980. The number of amides is 2. The van der Waals surface area contributed by atoms with Crippen molar-refractivity contribution in [3.05, 3.63) is 35.4 Å². The largest absolute Gasteiger partial charge is 0.478 e. The Labute approximate surface area is 128 Å². The fourth-order valence-electron chi connectivity index (χ4n) is 2.92. The summed E-state index contributed by atoms with van der Waals surface area (Å²) in [7, 11) is 0. The third kappa shape index (κ3) is 2.81. The SMILES string of the molecule is C[C@@H]1C[C@H]1N1C[C@H](NC(=O)c2ccc(C(=O)O)cc2)CC1=O. The molecule has 1 heterocycles. The van der Waals surface area contributed by atoms with E-state index in [2.05, 4.69) is 12.2 Å². The van der Waals surface area contributed by atoms with Crippen LogP contribution in [0.3, 0.4) is 0 Å². The number of nitrogens with one attached hydrogen (secondary N) is 1. The van der Waals surface area contributed by atoms with Gasteiger partial charge in [0.1, 0.15) is 0 Å². The summed E-state index contributed by atoms with van der Waals surface area (Å²) in [5, 5.41) is 11.7. The van der Waals surface area contributed by atoms with Crippen LogP contribution in [-0.2, 0) is 4.79 Å². The fraction of sp³-hybridized carbons (Fsp3) is 0.438. The van der Waals surface area contributed by atoms with Gasteiger partial charge in [-0.15, -0.1) is 0 Å². The summed E-state index contributed by atoms with van der Waals surface area (Å²) in [4.78, 5) is 36.8. The van der Waals surface area contributed by atoms with Crippen molar-refractivity contribution >= 4 is 17.8 Å². The molecule has 1 aromatic carbocycles. The average molecular weight is 302 g/mol. The highest BCUT2D eigenvalue weighted by atomic mass is 16.4. The minimum Gasteiger partial charge on any atom is -0.478 e. The molecule has 0 spiro atoms. The number of carbonyl (C=O) groups excluding carboxylic acids is 2. The standard InChI is InChI=1S/C16H18N2O4/c1-9-6-13(9)18-8-12(7-14(18)19)17-15(20)10-2-4-11(5-3-10)16(21)22/h2-5,9,12-13H,6-8H2,1H3,(H,17,20)(H,21,22)/t9-,12-,13-/m1/s1. The predicted molar refractivity (Wildman–Crippen MR) is 78.6 cm³/mol. The molecule has 0 unspecified atom stereocenters. The minimum atomic E-state index is -1.03. The Morgan fingerprint density at radius 3 is 2.36 bits per heavy atom. The number of likely N-dealkylation sites (tertiary alicyclic amines) is 1. The molecule has 116 valence electrons. The Hall–Kier alpha value is -2.37. The van der Waals surface area contributed by atoms with Gasteiger partial charge in [-0.3, -0.25) is 9.59 Å². The molecule has 0 radical (unpaired) electrons. The summed E-state index contributed by atoms with van der Waals surface area (Å²) in [6.45, 7) is 2.68. The van der Waals surface area contributed by atoms with Crippen LogP contribution in [0.15, 0.2) is 24.3 Å². The van der Waals surface area contributed by atoms with Crippen LogP contribution in [0.4, 0.5) is 0 Å². The number of carbonyl (C=O) groups is 3. The number of nitrogens with zero attached hydrogens (tertiary/aromatic N) is 1. The van der Waals surface area contributed by atoms with Crippen molar-refractivity contribution < 1.29 is 19.5 Å². The molecule has 22 heavy (non-hydrogen) atoms. The van der Waals surface area contributed by atoms with Crippen molar-refractivity contribution in [3.8, 4) is 0 Å². The zero-order chi connectivity index (χ0) is 15.9. The predicted octanol–water partition coefficient (Wildman–Crippen LogP) is 1.12. The first-order chi connectivity index (χ1) is 10.5. The second kappa shape index (κ2) is 5.44. The van der Waals surface area contributed by atoms with Crippen LogP contribution in [0.1, 0.15) is 40.5 Å². The Bertz CT molecular complexity index is 626. The number of rotatable bonds is 4. The number of benzene rings is 1. The van der Waals surface area contributed by atoms with Crippen LogP contribution in [0.25, 0.3) is 0 Å². The molecule has 6 nitrogen and oxygen atoms in total. The first-order valence-electron chi connectivity index (χ1n) is 7.39. The van der Waals surface area contributed by atoms with Crippen molar-refractivity contribution in [2.75, 3.05) is 6.54 Å². The van der Waals surface area contributed by atoms with Gasteiger partial charge in [0.05, 0.1) is 11.6 Å². The van der Waals surface area contributed by atoms with Crippen molar-refractivity contribution in [2.45, 2.75) is 31.8 Å². The second-order valence-electron chi connectivity index (χ2n) is 6.08. The van der Waals surface area contributed by atoms with E-state index in [1.807, 2.05) is 4.90 Å². The van der Waals surface area contributed by atoms with Crippen molar-refractivity contribution in [1.82, 2.24) is 10.2 Å². The molecule has 1 aliphatic heterocycles. The highest BCUT2D eigenvalue weighted by Crippen LogP contribution is 2.37. The number of hydrogen-bond acceptors (Lipinski definition) is 3. The van der Waals surface area contributed by atoms with Crippen molar-refractivity contribution in [1.29, 1.82) is 0 Å². The van der Waals surface area contributed by atoms with Gasteiger partial charge in [-0.1, -0.05) is 6.92 Å². The van der Waals surface area contributed by atoms with Gasteiger partial charge in [0, 0.05) is 24.6 Å². The molecule has 0 bridgehead atoms. The average Bonchev–Trinajstić information content (AvgIpc) is 3.09. The number of carboxylic acids is 1. The molecule has 1 aliphatic carbocycles. The maximum atomic E-state index is 12.2. The Kier molecular flexibility index (Phi) is 3.60. The molecule has 3 atom stereocenters. The Balaban J connectivity index is 1.60. The molecule has 0 aromatic heterocycles. The lowest BCUT2D eigenvalue weighted by Gasteiger charge is -2.17. The van der Waals surface area contributed by atoms with E-state index in [-0.39, 0.29) is 23.4 Å². The third-order valence-corrected chi connectivity index (χ3v) is 4.36. The summed E-state index contributed by atoms with van der Waals surface area (Å²) in [6.07, 6.45) is 1.38. The van der Waals surface area contributed by atoms with Gasteiger partial charge in [0.2, 0.25) is 5.91 Å². The summed E-state index contributed by atoms with van der Waals surface area (Å²) < 4.78 is 0. The zero-order valence-electron chi connectivity index (χ0n) is 12.3. The molecule has 6 heteroatoms. The van der Waals surface area contributed by atoms with Gasteiger partial charge < -0.3 is 15.3 Å². The molecule has 3 rings (SSSR count). The number of hydrogen-bond donors (Lipinski definition) is 2. The van der Waals surface area contributed by atoms with E-state index in [1.165, 1.54) is 24.3 Å². The van der Waals surface area contributed by atoms with Crippen LogP contribution in [0, 0.1) is 5.92 Å². The highest BCUT2D eigenvalue weighted by molar-refractivity contribution is 5.96. The van der Waals surface area contributed by atoms with Crippen LogP contribution in [0.2, 0.25) is 0 Å². The van der Waals surface area contributed by atoms with Crippen LogP contribution in [0.5, 0.6) is 0 Å². The second-order valence-corrected chi connectivity index (χ2v) is 6.08. The van der Waals surface area contributed by atoms with E-state index < -0.39 is 5.97 Å². The molecular formula is C16H18N2O4. The van der Waals surface area contributed by atoms with E-state index in [9.17, 15) is 14.4 Å². The van der Waals surface area contributed by atoms with Crippen LogP contribution < -0.4 is 5.32 Å². The van der Waals surface area contributed by atoms with Gasteiger partial charge >= 0.3 is 5.97 Å². The number of carboxylic acid groups (broad SMARTS) is 1. The lowest BCUT2D eigenvalue weighted by Crippen LogP contribution is -2.37. The van der Waals surface area contributed by atoms with Crippen LogP contribution in [-0.4, -0.2) is 46.4 Å². The first-order valence-corrected chi connectivity index (χ1v) is 7.39. The van der Waals surface area contributed by atoms with Gasteiger partial charge in [0.15, 0.2) is 0 Å². The van der Waals surface area contributed by atoms with E-state index in [1.54, 1.807) is 0 Å². The number of aromatic carboxylic acids is 1. The summed E-state index contributed by atoms with van der Waals surface area (Å²) in [5.41, 5.74) is 0.539. The van der Waals surface area contributed by atoms with Gasteiger partial charge in [-0.05, 0) is 36.6 Å². The molecule has 2 N–H and O–H groups in total. The quantitative estimate of drug-likeness (QED) is 0.872. The topological polar surface area (TPSA) is 86.7 Å². The molecule has 1 saturated heterocycles. The fourth-order valence-corrected chi connectivity index (χ4v) is 2.92. The van der Waals surface area contributed by atoms with E-state index in [0.717, 1.165) is 6.42 Å². The summed E-state index contributed by atoms with van der Waals surface area (Å²) in [6, 6.07) is 5.92. The smallest absolute Gasteiger partial charge is 0.335 e. The molecule has 2 aliphatic rings. The van der Waals surface area contributed by atoms with Gasteiger partial charge in [-0.2, -0.15) is 0 Å². The Morgan fingerprint density at radius 2 is 1.82 bits per heavy atom. The van der Waals surface area contributed by atoms with Gasteiger partial charge in [0.25, 0.3) is 5.91 Å². The maximum Gasteiger partial charge on any atom is 0.335 e. The molecule has 1 saturated carbocycles. The molecule has 2 amide bonds. The third-order valence-electron chi connectivity index (χ3n) is 4.36. The zero-order valence-corrected chi connectivity index (χ0v) is 12.3. The first kappa shape index (κ1) is 14.6.